The molecule has 0 radical (unpaired) electrons. The van der Waals surface area contributed by atoms with E-state index in [-0.39, 0.29) is 6.42 Å². The van der Waals surface area contributed by atoms with Gasteiger partial charge in [0.25, 0.3) is 0 Å². The van der Waals surface area contributed by atoms with Crippen molar-refractivity contribution in [3.63, 3.8) is 0 Å². The average molecular weight is 282 g/mol. The summed E-state index contributed by atoms with van der Waals surface area (Å²) < 4.78 is 18.3. The average Bonchev–Trinajstić information content (AvgIpc) is 2.69. The Morgan fingerprint density at radius 1 is 1.50 bits per heavy atom. The van der Waals surface area contributed by atoms with E-state index in [9.17, 15) is 14.0 Å². The highest BCUT2D eigenvalue weighted by Gasteiger charge is 2.40. The van der Waals surface area contributed by atoms with Crippen LogP contribution in [-0.4, -0.2) is 27.7 Å². The summed E-state index contributed by atoms with van der Waals surface area (Å²) in [5.41, 5.74) is -0.349. The summed E-state index contributed by atoms with van der Waals surface area (Å²) in [6.45, 7) is 5.09. The highest BCUT2D eigenvalue weighted by Crippen LogP contribution is 2.32. The van der Waals surface area contributed by atoms with Gasteiger partial charge in [0.1, 0.15) is 17.5 Å². The monoisotopic (exact) mass is 282 g/mol. The van der Waals surface area contributed by atoms with E-state index in [2.05, 4.69) is 4.98 Å². The van der Waals surface area contributed by atoms with Gasteiger partial charge < -0.3 is 9.57 Å². The van der Waals surface area contributed by atoms with Crippen LogP contribution >= 0.6 is 0 Å². The van der Waals surface area contributed by atoms with Crippen molar-refractivity contribution in [1.29, 1.82) is 0 Å². The number of hydrogen-bond acceptors (Lipinski definition) is 5. The molecule has 7 heteroatoms. The largest absolute Gasteiger partial charge is 0.444 e. The predicted molar refractivity (Wildman–Crippen MR) is 65.7 cm³/mol. The first-order chi connectivity index (χ1) is 9.26. The van der Waals surface area contributed by atoms with Crippen LogP contribution in [0.25, 0.3) is 0 Å². The number of carbonyl (C=O) groups is 2. The lowest BCUT2D eigenvalue weighted by molar-refractivity contribution is -0.170. The van der Waals surface area contributed by atoms with Crippen LogP contribution < -0.4 is 0 Å². The molecule has 0 N–H and O–H groups in total. The van der Waals surface area contributed by atoms with Gasteiger partial charge in [0.15, 0.2) is 0 Å². The Hall–Kier alpha value is -2.18. The minimum absolute atomic E-state index is 0.0651. The molecule has 2 rings (SSSR count). The van der Waals surface area contributed by atoms with Gasteiger partial charge >= 0.3 is 12.1 Å². The third kappa shape index (κ3) is 3.23. The van der Waals surface area contributed by atoms with Crippen molar-refractivity contribution in [2.24, 2.45) is 0 Å². The Kier molecular flexibility index (Phi) is 3.61. The van der Waals surface area contributed by atoms with E-state index >= 15 is 0 Å². The molecule has 0 spiro atoms. The maximum atomic E-state index is 13.2. The Morgan fingerprint density at radius 2 is 2.20 bits per heavy atom. The Labute approximate surface area is 115 Å². The fraction of sp³-hybridized carbons (Fsp3) is 0.462. The molecule has 1 atom stereocenters. The molecule has 1 fully saturated rings. The van der Waals surface area contributed by atoms with Crippen molar-refractivity contribution in [2.75, 3.05) is 0 Å². The second-order valence-corrected chi connectivity index (χ2v) is 5.43. The van der Waals surface area contributed by atoms with Crippen molar-refractivity contribution < 1.29 is 23.6 Å². The zero-order chi connectivity index (χ0) is 14.9. The molecule has 1 aromatic heterocycles. The van der Waals surface area contributed by atoms with E-state index < -0.39 is 29.5 Å². The molecule has 0 bridgehead atoms. The second kappa shape index (κ2) is 5.07. The van der Waals surface area contributed by atoms with Gasteiger partial charge in [-0.05, 0) is 26.8 Å². The smallest absolute Gasteiger partial charge is 0.442 e. The first kappa shape index (κ1) is 14.2. The molecule has 0 aromatic carbocycles. The van der Waals surface area contributed by atoms with Crippen molar-refractivity contribution in [1.82, 2.24) is 10.0 Å². The SMILES string of the molecule is CC(C)(C)OC(=O)N1OC(=O)CC1c1cncc(F)c1. The molecule has 108 valence electrons. The first-order valence-electron chi connectivity index (χ1n) is 6.10. The molecule has 1 unspecified atom stereocenters. The third-order valence-corrected chi connectivity index (χ3v) is 2.53. The van der Waals surface area contributed by atoms with Crippen molar-refractivity contribution in [3.05, 3.63) is 29.8 Å². The first-order valence-corrected chi connectivity index (χ1v) is 6.10. The summed E-state index contributed by atoms with van der Waals surface area (Å²) in [5.74, 6) is -1.13. The van der Waals surface area contributed by atoms with Crippen LogP contribution in [-0.2, 0) is 14.4 Å². The van der Waals surface area contributed by atoms with E-state index in [0.717, 1.165) is 11.3 Å². The van der Waals surface area contributed by atoms with Crippen LogP contribution in [0.4, 0.5) is 9.18 Å². The molecule has 1 aliphatic rings. The van der Waals surface area contributed by atoms with Crippen LogP contribution in [0.5, 0.6) is 0 Å². The van der Waals surface area contributed by atoms with Crippen molar-refractivity contribution >= 4 is 12.1 Å². The van der Waals surface area contributed by atoms with Crippen LogP contribution in [0.1, 0.15) is 38.8 Å². The zero-order valence-electron chi connectivity index (χ0n) is 11.4. The molecule has 1 aliphatic heterocycles. The lowest BCUT2D eigenvalue weighted by Gasteiger charge is -2.26. The number of hydroxylamine groups is 2. The number of pyridine rings is 1. The van der Waals surface area contributed by atoms with Gasteiger partial charge in [-0.2, -0.15) is 0 Å². The van der Waals surface area contributed by atoms with Gasteiger partial charge in [0.2, 0.25) is 0 Å². The molecule has 0 saturated carbocycles. The maximum absolute atomic E-state index is 13.2. The highest BCUT2D eigenvalue weighted by atomic mass is 19.1. The Morgan fingerprint density at radius 3 is 2.80 bits per heavy atom. The minimum Gasteiger partial charge on any atom is -0.442 e. The van der Waals surface area contributed by atoms with E-state index in [1.807, 2.05) is 0 Å². The topological polar surface area (TPSA) is 68.7 Å². The van der Waals surface area contributed by atoms with Crippen LogP contribution in [0.3, 0.4) is 0 Å². The van der Waals surface area contributed by atoms with Gasteiger partial charge in [-0.3, -0.25) is 4.98 Å². The van der Waals surface area contributed by atoms with Crippen LogP contribution in [0, 0.1) is 5.82 Å². The Bertz CT molecular complexity index is 541. The number of carbonyl (C=O) groups excluding carboxylic acids is 2. The van der Waals surface area contributed by atoms with Crippen LogP contribution in [0.15, 0.2) is 18.5 Å². The van der Waals surface area contributed by atoms with Crippen LogP contribution in [0.2, 0.25) is 0 Å². The van der Waals surface area contributed by atoms with E-state index in [1.54, 1.807) is 20.8 Å². The normalized spacial score (nSPS) is 18.9. The molecule has 1 aromatic rings. The van der Waals surface area contributed by atoms with Gasteiger partial charge in [-0.15, -0.1) is 5.06 Å². The molecule has 0 aliphatic carbocycles. The maximum Gasteiger partial charge on any atom is 0.444 e. The zero-order valence-corrected chi connectivity index (χ0v) is 11.4. The van der Waals surface area contributed by atoms with Gasteiger partial charge in [-0.25, -0.2) is 14.0 Å². The van der Waals surface area contributed by atoms with Gasteiger partial charge in [-0.1, -0.05) is 0 Å². The molecule has 1 amide bonds. The molecule has 6 nitrogen and oxygen atoms in total. The molecular formula is C13H15FN2O4. The predicted octanol–water partition coefficient (Wildman–Crippen LogP) is 2.36. The Balaban J connectivity index is 2.23. The number of amides is 1. The van der Waals surface area contributed by atoms with Gasteiger partial charge in [0.05, 0.1) is 12.6 Å². The molecule has 1 saturated heterocycles. The molecular weight excluding hydrogens is 267 g/mol. The second-order valence-electron chi connectivity index (χ2n) is 5.43. The number of aromatic nitrogens is 1. The van der Waals surface area contributed by atoms with E-state index in [4.69, 9.17) is 9.57 Å². The number of ether oxygens (including phenoxy) is 1. The number of nitrogens with zero attached hydrogens (tertiary/aromatic N) is 2. The lowest BCUT2D eigenvalue weighted by Crippen LogP contribution is -2.36. The summed E-state index contributed by atoms with van der Waals surface area (Å²) in [6, 6.07) is 0.470. The highest BCUT2D eigenvalue weighted by molar-refractivity contribution is 5.78. The summed E-state index contributed by atoms with van der Waals surface area (Å²) >= 11 is 0. The molecule has 2 heterocycles. The number of rotatable bonds is 1. The summed E-state index contributed by atoms with van der Waals surface area (Å²) in [5, 5.41) is 0.823. The standard InChI is InChI=1S/C13H15FN2O4/c1-13(2,3)19-12(18)16-10(5-11(17)20-16)8-4-9(14)7-15-6-8/h4,6-7,10H,5H2,1-3H3. The van der Waals surface area contributed by atoms with Crippen molar-refractivity contribution in [2.45, 2.75) is 38.8 Å². The molecule has 20 heavy (non-hydrogen) atoms. The summed E-state index contributed by atoms with van der Waals surface area (Å²) in [6.07, 6.45) is 1.56. The van der Waals surface area contributed by atoms with E-state index in [0.29, 0.717) is 5.56 Å². The minimum atomic E-state index is -0.794. The number of hydrogen-bond donors (Lipinski definition) is 0. The fourth-order valence-electron chi connectivity index (χ4n) is 1.79. The third-order valence-electron chi connectivity index (χ3n) is 2.53. The summed E-state index contributed by atoms with van der Waals surface area (Å²) in [4.78, 5) is 31.9. The van der Waals surface area contributed by atoms with E-state index in [1.165, 1.54) is 12.3 Å². The van der Waals surface area contributed by atoms with Crippen molar-refractivity contribution in [3.8, 4) is 0 Å². The van der Waals surface area contributed by atoms with Gasteiger partial charge in [0, 0.05) is 11.8 Å². The number of halogens is 1. The lowest BCUT2D eigenvalue weighted by atomic mass is 10.1. The quantitative estimate of drug-likeness (QED) is 0.791. The summed E-state index contributed by atoms with van der Waals surface area (Å²) in [7, 11) is 0. The fourth-order valence-corrected chi connectivity index (χ4v) is 1.79.